The van der Waals surface area contributed by atoms with E-state index in [0.717, 1.165) is 28.0 Å². The first-order valence-corrected chi connectivity index (χ1v) is 16.0. The summed E-state index contributed by atoms with van der Waals surface area (Å²) in [5.41, 5.74) is 4.26. The molecular formula is C34H41N3O6S. The van der Waals surface area contributed by atoms with Crippen LogP contribution in [0.1, 0.15) is 42.5 Å². The van der Waals surface area contributed by atoms with Crippen molar-refractivity contribution in [2.24, 2.45) is 0 Å². The van der Waals surface area contributed by atoms with Gasteiger partial charge in [0.15, 0.2) is 11.5 Å². The van der Waals surface area contributed by atoms with Crippen LogP contribution in [-0.4, -0.2) is 57.7 Å². The Morgan fingerprint density at radius 2 is 1.75 bits per heavy atom. The molecule has 0 aromatic heterocycles. The lowest BCUT2D eigenvalue weighted by atomic mass is 9.95. The maximum atomic E-state index is 13.8. The second kappa shape index (κ2) is 15.5. The van der Waals surface area contributed by atoms with Crippen molar-refractivity contribution in [1.82, 2.24) is 10.6 Å². The number of anilines is 1. The fourth-order valence-corrected chi connectivity index (χ4v) is 6.09. The molecule has 2 atom stereocenters. The van der Waals surface area contributed by atoms with Crippen LogP contribution in [0.15, 0.2) is 59.4 Å². The van der Waals surface area contributed by atoms with E-state index in [0.29, 0.717) is 60.7 Å². The first-order chi connectivity index (χ1) is 21.3. The van der Waals surface area contributed by atoms with Crippen LogP contribution in [-0.2, 0) is 22.4 Å². The van der Waals surface area contributed by atoms with Crippen LogP contribution in [0.5, 0.6) is 17.2 Å². The molecule has 0 radical (unpaired) electrons. The van der Waals surface area contributed by atoms with Crippen LogP contribution >= 0.6 is 11.8 Å². The summed E-state index contributed by atoms with van der Waals surface area (Å²) in [4.78, 5) is 39.3. The molecule has 1 aliphatic carbocycles. The molecule has 0 heterocycles. The fourth-order valence-electron chi connectivity index (χ4n) is 5.62. The highest BCUT2D eigenvalue weighted by atomic mass is 32.2. The van der Waals surface area contributed by atoms with Gasteiger partial charge in [0.05, 0.1) is 33.1 Å². The molecule has 0 unspecified atom stereocenters. The number of aryl methyl sites for hydroxylation is 1. The van der Waals surface area contributed by atoms with Gasteiger partial charge in [-0.2, -0.15) is 11.8 Å². The van der Waals surface area contributed by atoms with Crippen molar-refractivity contribution in [3.8, 4) is 28.4 Å². The Morgan fingerprint density at radius 1 is 1.00 bits per heavy atom. The average molecular weight is 620 g/mol. The van der Waals surface area contributed by atoms with E-state index in [4.69, 9.17) is 14.2 Å². The van der Waals surface area contributed by atoms with Crippen molar-refractivity contribution in [1.29, 1.82) is 0 Å². The van der Waals surface area contributed by atoms with Crippen molar-refractivity contribution >= 4 is 29.3 Å². The van der Waals surface area contributed by atoms with Gasteiger partial charge in [0.1, 0.15) is 6.04 Å². The summed E-state index contributed by atoms with van der Waals surface area (Å²) < 4.78 is 17.1. The lowest BCUT2D eigenvalue weighted by Crippen LogP contribution is -2.41. The summed E-state index contributed by atoms with van der Waals surface area (Å²) in [5, 5.41) is 9.29. The van der Waals surface area contributed by atoms with Gasteiger partial charge in [-0.25, -0.2) is 0 Å². The monoisotopic (exact) mass is 619 g/mol. The summed E-state index contributed by atoms with van der Waals surface area (Å²) in [6.45, 7) is 1.95. The van der Waals surface area contributed by atoms with E-state index in [2.05, 4.69) is 16.0 Å². The molecular weight excluding hydrogens is 578 g/mol. The Kier molecular flexibility index (Phi) is 11.5. The van der Waals surface area contributed by atoms with E-state index >= 15 is 0 Å². The van der Waals surface area contributed by atoms with Crippen LogP contribution in [0.3, 0.4) is 0 Å². The number of carbonyl (C=O) groups excluding carboxylic acids is 2. The van der Waals surface area contributed by atoms with Crippen LogP contribution in [0.25, 0.3) is 11.1 Å². The number of hydrogen-bond donors (Lipinski definition) is 3. The molecule has 3 aromatic carbocycles. The van der Waals surface area contributed by atoms with Crippen molar-refractivity contribution in [3.05, 3.63) is 81.5 Å². The minimum atomic E-state index is -0.606. The lowest BCUT2D eigenvalue weighted by molar-refractivity contribution is -0.122. The number of thioether (sulfide) groups is 1. The molecule has 4 rings (SSSR count). The zero-order valence-electron chi connectivity index (χ0n) is 26.0. The normalized spacial score (nSPS) is 14.2. The maximum absolute atomic E-state index is 13.8. The quantitative estimate of drug-likeness (QED) is 0.251. The second-order valence-corrected chi connectivity index (χ2v) is 11.6. The Morgan fingerprint density at radius 3 is 2.41 bits per heavy atom. The van der Waals surface area contributed by atoms with Crippen LogP contribution in [0.2, 0.25) is 0 Å². The van der Waals surface area contributed by atoms with Gasteiger partial charge in [-0.15, -0.1) is 0 Å². The number of ether oxygens (including phenoxy) is 3. The maximum Gasteiger partial charge on any atom is 0.242 e. The average Bonchev–Trinajstić information content (AvgIpc) is 3.26. The third kappa shape index (κ3) is 7.66. The van der Waals surface area contributed by atoms with E-state index in [1.807, 2.05) is 48.7 Å². The molecule has 0 bridgehead atoms. The second-order valence-electron chi connectivity index (χ2n) is 10.6. The van der Waals surface area contributed by atoms with Crippen molar-refractivity contribution in [2.45, 2.75) is 44.7 Å². The topological polar surface area (TPSA) is 115 Å². The van der Waals surface area contributed by atoms with E-state index < -0.39 is 12.1 Å². The van der Waals surface area contributed by atoms with E-state index in [9.17, 15) is 14.4 Å². The minimum absolute atomic E-state index is 0.164. The first-order valence-electron chi connectivity index (χ1n) is 14.7. The van der Waals surface area contributed by atoms with Crippen molar-refractivity contribution in [3.63, 3.8) is 0 Å². The molecule has 9 nitrogen and oxygen atoms in total. The minimum Gasteiger partial charge on any atom is -0.493 e. The summed E-state index contributed by atoms with van der Waals surface area (Å²) in [7, 11) is 4.68. The molecule has 0 aliphatic heterocycles. The SMILES string of the molecule is COc1cc2c(c(OC)c1OC)-c1ccc(N[C@@H](CCSC)C(=O)NCCc3ccccc3)c(=O)cc1[C@@H](NC(C)=O)CC2. The molecule has 0 saturated heterocycles. The predicted molar refractivity (Wildman–Crippen MR) is 176 cm³/mol. The number of amides is 2. The molecule has 10 heteroatoms. The molecule has 2 amide bonds. The van der Waals surface area contributed by atoms with Gasteiger partial charge in [-0.3, -0.25) is 14.4 Å². The predicted octanol–water partition coefficient (Wildman–Crippen LogP) is 4.76. The number of methoxy groups -OCH3 is 3. The molecule has 3 aromatic rings. The van der Waals surface area contributed by atoms with Gasteiger partial charge in [0, 0.05) is 19.0 Å². The zero-order chi connectivity index (χ0) is 31.6. The first kappa shape index (κ1) is 32.7. The molecule has 44 heavy (non-hydrogen) atoms. The molecule has 0 spiro atoms. The van der Waals surface area contributed by atoms with Crippen LogP contribution in [0, 0.1) is 0 Å². The highest BCUT2D eigenvalue weighted by molar-refractivity contribution is 7.98. The Labute approximate surface area is 263 Å². The standard InChI is InChI=1S/C34H41N3O6S/c1-21(38)36-26-13-11-23-19-30(41-2)32(42-3)33(43-4)31(23)24-12-14-27(29(39)20-25(24)26)37-28(16-18-44-5)34(40)35-17-15-22-9-7-6-8-10-22/h6-10,12,14,19-20,26,28H,11,13,15-18H2,1-5H3,(H,35,40)(H,36,38)(H,37,39)/t26-,28-/m0/s1. The smallest absolute Gasteiger partial charge is 0.242 e. The number of nitrogens with one attached hydrogen (secondary N) is 3. The molecule has 1 aliphatic rings. The summed E-state index contributed by atoms with van der Waals surface area (Å²) >= 11 is 1.64. The largest absolute Gasteiger partial charge is 0.493 e. The molecule has 0 fully saturated rings. The summed E-state index contributed by atoms with van der Waals surface area (Å²) in [5.74, 6) is 1.83. The third-order valence-corrected chi connectivity index (χ3v) is 8.37. The molecule has 3 N–H and O–H groups in total. The van der Waals surface area contributed by atoms with Gasteiger partial charge in [-0.1, -0.05) is 36.4 Å². The van der Waals surface area contributed by atoms with Gasteiger partial charge >= 0.3 is 0 Å². The number of benzene rings is 2. The van der Waals surface area contributed by atoms with E-state index in [1.54, 1.807) is 45.2 Å². The molecule has 0 saturated carbocycles. The highest BCUT2D eigenvalue weighted by Gasteiger charge is 2.30. The van der Waals surface area contributed by atoms with E-state index in [1.165, 1.54) is 6.92 Å². The van der Waals surface area contributed by atoms with Gasteiger partial charge in [0.2, 0.25) is 23.0 Å². The fraction of sp³-hybridized carbons (Fsp3) is 0.382. The Hall–Kier alpha value is -4.18. The number of fused-ring (bicyclic) bond motifs is 3. The highest BCUT2D eigenvalue weighted by Crippen LogP contribution is 2.50. The van der Waals surface area contributed by atoms with Gasteiger partial charge in [0.25, 0.3) is 0 Å². The van der Waals surface area contributed by atoms with Crippen molar-refractivity contribution in [2.75, 3.05) is 45.2 Å². The van der Waals surface area contributed by atoms with Crippen molar-refractivity contribution < 1.29 is 23.8 Å². The van der Waals surface area contributed by atoms with Crippen LogP contribution in [0.4, 0.5) is 5.69 Å². The summed E-state index contributed by atoms with van der Waals surface area (Å²) in [6, 6.07) is 16.0. The number of hydrogen-bond acceptors (Lipinski definition) is 8. The van der Waals surface area contributed by atoms with Crippen LogP contribution < -0.4 is 35.6 Å². The zero-order valence-corrected chi connectivity index (χ0v) is 26.8. The number of carbonyl (C=O) groups is 2. The lowest BCUT2D eigenvalue weighted by Gasteiger charge is -2.19. The van der Waals surface area contributed by atoms with Gasteiger partial charge in [-0.05, 0) is 78.1 Å². The van der Waals surface area contributed by atoms with E-state index in [-0.39, 0.29) is 17.2 Å². The number of rotatable bonds is 13. The summed E-state index contributed by atoms with van der Waals surface area (Å²) in [6.07, 6.45) is 4.40. The Balaban J connectivity index is 1.75. The third-order valence-electron chi connectivity index (χ3n) is 7.73. The van der Waals surface area contributed by atoms with Gasteiger partial charge < -0.3 is 30.2 Å². The Bertz CT molecular complexity index is 1530. The molecule has 234 valence electrons.